The van der Waals surface area contributed by atoms with Crippen molar-refractivity contribution in [3.63, 3.8) is 0 Å². The number of nitro groups is 1. The minimum absolute atomic E-state index is 0.192. The third-order valence-electron chi connectivity index (χ3n) is 3.12. The fourth-order valence-electron chi connectivity index (χ4n) is 2.04. The summed E-state index contributed by atoms with van der Waals surface area (Å²) in [6.07, 6.45) is 6.16. The summed E-state index contributed by atoms with van der Waals surface area (Å²) in [5.41, 5.74) is -0.301. The summed E-state index contributed by atoms with van der Waals surface area (Å²) < 4.78 is 28.7. The van der Waals surface area contributed by atoms with Gasteiger partial charge in [-0.2, -0.15) is 0 Å². The van der Waals surface area contributed by atoms with E-state index >= 15 is 0 Å². The number of rotatable bonds is 5. The van der Waals surface area contributed by atoms with E-state index in [1.54, 1.807) is 29.4 Å². The van der Waals surface area contributed by atoms with Crippen molar-refractivity contribution in [2.75, 3.05) is 4.72 Å². The Labute approximate surface area is 136 Å². The summed E-state index contributed by atoms with van der Waals surface area (Å²) in [6, 6.07) is 8.23. The maximum Gasteiger partial charge on any atom is 0.289 e. The average Bonchev–Trinajstić information content (AvgIpc) is 3.10. The maximum atomic E-state index is 12.4. The summed E-state index contributed by atoms with van der Waals surface area (Å²) in [4.78, 5) is 17.9. The Hall–Kier alpha value is -3.27. The second-order valence-electron chi connectivity index (χ2n) is 4.71. The molecule has 1 aromatic carbocycles. The highest BCUT2D eigenvalue weighted by atomic mass is 32.2. The molecular weight excluding hydrogens is 334 g/mol. The van der Waals surface area contributed by atoms with Gasteiger partial charge in [0.2, 0.25) is 0 Å². The molecule has 9 nitrogen and oxygen atoms in total. The van der Waals surface area contributed by atoms with Crippen molar-refractivity contribution in [2.45, 2.75) is 4.90 Å². The SMILES string of the molecule is O=[N+]([O-])c1ccccc1S(=O)(=O)Nc1ccc(-n2ccnc2)nc1. The molecule has 3 rings (SSSR count). The normalized spacial score (nSPS) is 11.2. The number of anilines is 1. The Morgan fingerprint density at radius 3 is 2.58 bits per heavy atom. The third-order valence-corrected chi connectivity index (χ3v) is 4.55. The summed E-state index contributed by atoms with van der Waals surface area (Å²) >= 11 is 0. The van der Waals surface area contributed by atoms with E-state index in [1.807, 2.05) is 0 Å². The van der Waals surface area contributed by atoms with E-state index in [4.69, 9.17) is 0 Å². The number of sulfonamides is 1. The molecule has 0 aliphatic heterocycles. The molecule has 1 N–H and O–H groups in total. The van der Waals surface area contributed by atoms with Gasteiger partial charge in [0.1, 0.15) is 12.1 Å². The van der Waals surface area contributed by atoms with Gasteiger partial charge in [-0.3, -0.25) is 19.4 Å². The molecule has 0 saturated carbocycles. The number of pyridine rings is 1. The van der Waals surface area contributed by atoms with Gasteiger partial charge in [0, 0.05) is 18.5 Å². The van der Waals surface area contributed by atoms with Crippen LogP contribution in [0.2, 0.25) is 0 Å². The second kappa shape index (κ2) is 6.08. The number of para-hydroxylation sites is 1. The molecule has 2 heterocycles. The molecule has 0 aliphatic carbocycles. The number of hydrogen-bond donors (Lipinski definition) is 1. The van der Waals surface area contributed by atoms with Crippen LogP contribution >= 0.6 is 0 Å². The van der Waals surface area contributed by atoms with Gasteiger partial charge in [0.25, 0.3) is 15.7 Å². The minimum Gasteiger partial charge on any atom is -0.291 e. The van der Waals surface area contributed by atoms with E-state index < -0.39 is 25.5 Å². The molecule has 24 heavy (non-hydrogen) atoms. The molecule has 0 atom stereocenters. The van der Waals surface area contributed by atoms with E-state index in [0.29, 0.717) is 5.82 Å². The van der Waals surface area contributed by atoms with Gasteiger partial charge in [-0.25, -0.2) is 18.4 Å². The van der Waals surface area contributed by atoms with Crippen molar-refractivity contribution < 1.29 is 13.3 Å². The lowest BCUT2D eigenvalue weighted by Crippen LogP contribution is -2.15. The molecular formula is C14H11N5O4S. The highest BCUT2D eigenvalue weighted by molar-refractivity contribution is 7.92. The number of aromatic nitrogens is 3. The summed E-state index contributed by atoms with van der Waals surface area (Å²) in [5.74, 6) is 0.557. The highest BCUT2D eigenvalue weighted by Crippen LogP contribution is 2.25. The lowest BCUT2D eigenvalue weighted by atomic mass is 10.3. The van der Waals surface area contributed by atoms with Gasteiger partial charge in [-0.05, 0) is 18.2 Å². The molecule has 122 valence electrons. The smallest absolute Gasteiger partial charge is 0.289 e. The molecule has 0 bridgehead atoms. The first-order chi connectivity index (χ1) is 11.5. The Balaban J connectivity index is 1.89. The Bertz CT molecular complexity index is 969. The van der Waals surface area contributed by atoms with Crippen LogP contribution in [0.3, 0.4) is 0 Å². The third kappa shape index (κ3) is 3.08. The van der Waals surface area contributed by atoms with Crippen LogP contribution in [0.5, 0.6) is 0 Å². The zero-order valence-electron chi connectivity index (χ0n) is 12.1. The number of benzene rings is 1. The molecule has 10 heteroatoms. The van der Waals surface area contributed by atoms with Gasteiger partial charge >= 0.3 is 0 Å². The largest absolute Gasteiger partial charge is 0.291 e. The van der Waals surface area contributed by atoms with E-state index in [9.17, 15) is 18.5 Å². The zero-order chi connectivity index (χ0) is 17.2. The van der Waals surface area contributed by atoms with Crippen LogP contribution in [0.4, 0.5) is 11.4 Å². The predicted molar refractivity (Wildman–Crippen MR) is 85.3 cm³/mol. The number of nitrogens with one attached hydrogen (secondary N) is 1. The van der Waals surface area contributed by atoms with Crippen molar-refractivity contribution in [3.8, 4) is 5.82 Å². The Morgan fingerprint density at radius 2 is 1.96 bits per heavy atom. The average molecular weight is 345 g/mol. The monoisotopic (exact) mass is 345 g/mol. The first-order valence-electron chi connectivity index (χ1n) is 6.68. The van der Waals surface area contributed by atoms with E-state index in [0.717, 1.165) is 6.07 Å². The van der Waals surface area contributed by atoms with Gasteiger partial charge in [0.05, 0.1) is 16.8 Å². The lowest BCUT2D eigenvalue weighted by Gasteiger charge is -2.09. The van der Waals surface area contributed by atoms with Gasteiger partial charge < -0.3 is 0 Å². The molecule has 0 radical (unpaired) electrons. The molecule has 2 aromatic heterocycles. The van der Waals surface area contributed by atoms with Crippen LogP contribution in [0.25, 0.3) is 5.82 Å². The summed E-state index contributed by atoms with van der Waals surface area (Å²) in [7, 11) is -4.11. The topological polar surface area (TPSA) is 120 Å². The zero-order valence-corrected chi connectivity index (χ0v) is 12.9. The standard InChI is InChI=1S/C14H11N5O4S/c20-19(21)12-3-1-2-4-13(12)24(22,23)17-11-5-6-14(16-9-11)18-8-7-15-10-18/h1-10,17H. The Morgan fingerprint density at radius 1 is 1.17 bits per heavy atom. The van der Waals surface area contributed by atoms with E-state index in [1.165, 1.54) is 30.5 Å². The number of hydrogen-bond acceptors (Lipinski definition) is 6. The minimum atomic E-state index is -4.11. The molecule has 0 aliphatic rings. The maximum absolute atomic E-state index is 12.4. The van der Waals surface area contributed by atoms with Gasteiger partial charge in [-0.15, -0.1) is 0 Å². The van der Waals surface area contributed by atoms with Crippen molar-refractivity contribution in [3.05, 3.63) is 71.4 Å². The molecule has 3 aromatic rings. The lowest BCUT2D eigenvalue weighted by molar-refractivity contribution is -0.387. The quantitative estimate of drug-likeness (QED) is 0.557. The Kier molecular flexibility index (Phi) is 3.96. The van der Waals surface area contributed by atoms with Gasteiger partial charge in [-0.1, -0.05) is 12.1 Å². The predicted octanol–water partition coefficient (Wildman–Crippen LogP) is 1.98. The van der Waals surface area contributed by atoms with Crippen LogP contribution in [-0.2, 0) is 10.0 Å². The van der Waals surface area contributed by atoms with Crippen molar-refractivity contribution in [1.82, 2.24) is 14.5 Å². The summed E-state index contributed by atoms with van der Waals surface area (Å²) in [5, 5.41) is 11.0. The first kappa shape index (κ1) is 15.6. The van der Waals surface area contributed by atoms with Gasteiger partial charge in [0.15, 0.2) is 4.90 Å². The number of imidazole rings is 1. The van der Waals surface area contributed by atoms with Crippen LogP contribution in [-0.4, -0.2) is 27.9 Å². The molecule has 0 amide bonds. The second-order valence-corrected chi connectivity index (χ2v) is 6.36. The van der Waals surface area contributed by atoms with Crippen LogP contribution in [0.1, 0.15) is 0 Å². The fraction of sp³-hybridized carbons (Fsp3) is 0. The van der Waals surface area contributed by atoms with Crippen LogP contribution < -0.4 is 4.72 Å². The number of nitrogens with zero attached hydrogens (tertiary/aromatic N) is 4. The highest BCUT2D eigenvalue weighted by Gasteiger charge is 2.25. The van der Waals surface area contributed by atoms with Crippen molar-refractivity contribution >= 4 is 21.4 Å². The summed E-state index contributed by atoms with van der Waals surface area (Å²) in [6.45, 7) is 0. The molecule has 0 unspecified atom stereocenters. The van der Waals surface area contributed by atoms with E-state index in [-0.39, 0.29) is 5.69 Å². The molecule has 0 saturated heterocycles. The number of nitro benzene ring substituents is 1. The molecule has 0 spiro atoms. The van der Waals surface area contributed by atoms with Crippen LogP contribution in [0.15, 0.2) is 66.2 Å². The van der Waals surface area contributed by atoms with Crippen molar-refractivity contribution in [1.29, 1.82) is 0 Å². The first-order valence-corrected chi connectivity index (χ1v) is 8.16. The van der Waals surface area contributed by atoms with Crippen LogP contribution in [0, 0.1) is 10.1 Å². The van der Waals surface area contributed by atoms with E-state index in [2.05, 4.69) is 14.7 Å². The molecule has 0 fully saturated rings. The fourth-order valence-corrected chi connectivity index (χ4v) is 3.26. The van der Waals surface area contributed by atoms with Crippen molar-refractivity contribution in [2.24, 2.45) is 0 Å².